The first-order valence-corrected chi connectivity index (χ1v) is 10.9. The number of benzene rings is 1. The first kappa shape index (κ1) is 24.4. The summed E-state index contributed by atoms with van der Waals surface area (Å²) >= 11 is 0. The zero-order chi connectivity index (χ0) is 25.2. The minimum atomic E-state index is -2.94. The number of hydrogen-bond donors (Lipinski definition) is 1. The number of aromatic nitrogens is 3. The maximum absolute atomic E-state index is 14.6. The third-order valence-electron chi connectivity index (χ3n) is 6.24. The second-order valence-electron chi connectivity index (χ2n) is 8.53. The average molecular weight is 490 g/mol. The van der Waals surface area contributed by atoms with Gasteiger partial charge in [-0.2, -0.15) is 4.73 Å². The van der Waals surface area contributed by atoms with Gasteiger partial charge in [-0.1, -0.05) is 6.92 Å². The smallest absolute Gasteiger partial charge is 0.254 e. The fourth-order valence-electron chi connectivity index (χ4n) is 4.19. The molecule has 7 nitrogen and oxygen atoms in total. The molecule has 35 heavy (non-hydrogen) atoms. The highest BCUT2D eigenvalue weighted by molar-refractivity contribution is 5.91. The van der Waals surface area contributed by atoms with Crippen LogP contribution in [0.4, 0.5) is 23.4 Å². The average Bonchev–Trinajstić information content (AvgIpc) is 2.82. The van der Waals surface area contributed by atoms with Crippen LogP contribution in [-0.4, -0.2) is 21.8 Å². The van der Waals surface area contributed by atoms with Crippen molar-refractivity contribution in [3.8, 4) is 11.6 Å². The molecule has 1 aliphatic rings. The van der Waals surface area contributed by atoms with Gasteiger partial charge in [0.2, 0.25) is 11.8 Å². The zero-order valence-electron chi connectivity index (χ0n) is 18.6. The summed E-state index contributed by atoms with van der Waals surface area (Å²) < 4.78 is 61.7. The minimum Gasteiger partial charge on any atom is -0.619 e. The lowest BCUT2D eigenvalue weighted by Gasteiger charge is -2.38. The monoisotopic (exact) mass is 490 g/mol. The van der Waals surface area contributed by atoms with Crippen LogP contribution in [0.1, 0.15) is 37.7 Å². The molecule has 11 heteroatoms. The third kappa shape index (κ3) is 5.67. The summed E-state index contributed by atoms with van der Waals surface area (Å²) in [5.74, 6) is -7.19. The van der Waals surface area contributed by atoms with E-state index in [0.29, 0.717) is 16.4 Å². The van der Waals surface area contributed by atoms with Crippen LogP contribution < -0.4 is 14.8 Å². The normalized spacial score (nSPS) is 20.1. The summed E-state index contributed by atoms with van der Waals surface area (Å²) in [7, 11) is 0. The molecule has 2 aromatic heterocycles. The van der Waals surface area contributed by atoms with Gasteiger partial charge >= 0.3 is 0 Å². The molecule has 3 aromatic rings. The van der Waals surface area contributed by atoms with Gasteiger partial charge in [0, 0.05) is 36.5 Å². The van der Waals surface area contributed by atoms with Crippen molar-refractivity contribution in [1.29, 1.82) is 0 Å². The van der Waals surface area contributed by atoms with E-state index in [-0.39, 0.29) is 42.6 Å². The van der Waals surface area contributed by atoms with E-state index in [0.717, 1.165) is 18.3 Å². The highest BCUT2D eigenvalue weighted by Gasteiger charge is 2.47. The van der Waals surface area contributed by atoms with Gasteiger partial charge in [-0.15, -0.1) is 0 Å². The number of hydrogen-bond acceptors (Lipinski definition) is 5. The largest absolute Gasteiger partial charge is 0.619 e. The summed E-state index contributed by atoms with van der Waals surface area (Å²) in [5, 5.41) is 13.9. The van der Waals surface area contributed by atoms with Crippen molar-refractivity contribution >= 4 is 11.7 Å². The SMILES string of the molecule is C[C@@H](C(=O)Nc1cnc(Oc2ccc(F)cc2F)cn1)[C@H]1CCC(F)(F)[C@@H](c2cc[n+]([O-])cc2)C1. The summed E-state index contributed by atoms with van der Waals surface area (Å²) in [5.41, 5.74) is 0.360. The molecule has 0 spiro atoms. The fraction of sp³-hybridized carbons (Fsp3) is 0.333. The molecule has 4 rings (SSSR count). The molecule has 1 N–H and O–H groups in total. The number of amides is 1. The molecular weight excluding hydrogens is 468 g/mol. The van der Waals surface area contributed by atoms with Gasteiger partial charge in [-0.05, 0) is 36.5 Å². The highest BCUT2D eigenvalue weighted by atomic mass is 19.3. The quantitative estimate of drug-likeness (QED) is 0.299. The molecule has 0 aliphatic heterocycles. The topological polar surface area (TPSA) is 91.0 Å². The predicted octanol–water partition coefficient (Wildman–Crippen LogP) is 4.97. The maximum atomic E-state index is 14.6. The molecule has 1 amide bonds. The van der Waals surface area contributed by atoms with E-state index in [2.05, 4.69) is 15.3 Å². The standard InChI is InChI=1S/C24H22F4N4O3/c1-14(16-4-7-24(27,28)18(10-16)15-5-8-32(34)9-6-15)23(33)31-21-12-30-22(13-29-21)35-20-3-2-17(25)11-19(20)26/h2-3,5-6,8-9,11-14,16,18H,4,7,10H2,1H3,(H,29,31,33)/t14-,16+,18-/m1/s1. The van der Waals surface area contributed by atoms with Crippen molar-refractivity contribution in [3.05, 3.63) is 77.5 Å². The Labute approximate surface area is 198 Å². The lowest BCUT2D eigenvalue weighted by Crippen LogP contribution is -2.38. The fourth-order valence-corrected chi connectivity index (χ4v) is 4.19. The Morgan fingerprint density at radius 3 is 2.60 bits per heavy atom. The van der Waals surface area contributed by atoms with Crippen molar-refractivity contribution in [1.82, 2.24) is 9.97 Å². The third-order valence-corrected chi connectivity index (χ3v) is 6.24. The van der Waals surface area contributed by atoms with Crippen LogP contribution in [0.25, 0.3) is 0 Å². The first-order valence-electron chi connectivity index (χ1n) is 10.9. The van der Waals surface area contributed by atoms with Crippen LogP contribution in [0, 0.1) is 28.7 Å². The van der Waals surface area contributed by atoms with E-state index in [1.165, 1.54) is 30.7 Å². The molecule has 184 valence electrons. The molecule has 2 heterocycles. The molecule has 1 aromatic carbocycles. The van der Waals surface area contributed by atoms with Crippen molar-refractivity contribution in [2.24, 2.45) is 11.8 Å². The van der Waals surface area contributed by atoms with Crippen LogP contribution in [-0.2, 0) is 4.79 Å². The zero-order valence-corrected chi connectivity index (χ0v) is 18.6. The van der Waals surface area contributed by atoms with E-state index in [1.807, 2.05) is 0 Å². The Bertz CT molecular complexity index is 1190. The van der Waals surface area contributed by atoms with E-state index in [4.69, 9.17) is 4.74 Å². The Morgan fingerprint density at radius 1 is 1.20 bits per heavy atom. The summed E-state index contributed by atoms with van der Waals surface area (Å²) in [6, 6.07) is 5.58. The predicted molar refractivity (Wildman–Crippen MR) is 117 cm³/mol. The molecule has 1 saturated carbocycles. The van der Waals surface area contributed by atoms with E-state index < -0.39 is 35.3 Å². The number of nitrogens with one attached hydrogen (secondary N) is 1. The van der Waals surface area contributed by atoms with Gasteiger partial charge < -0.3 is 15.3 Å². The number of rotatable bonds is 6. The van der Waals surface area contributed by atoms with Gasteiger partial charge in [-0.25, -0.2) is 27.5 Å². The number of alkyl halides is 2. The van der Waals surface area contributed by atoms with Crippen LogP contribution in [0.3, 0.4) is 0 Å². The number of nitrogens with zero attached hydrogens (tertiary/aromatic N) is 3. The number of carbonyl (C=O) groups excluding carboxylic acids is 1. The lowest BCUT2D eigenvalue weighted by atomic mass is 9.71. The summed E-state index contributed by atoms with van der Waals surface area (Å²) in [6.07, 6.45) is 4.64. The van der Waals surface area contributed by atoms with Crippen LogP contribution in [0.5, 0.6) is 11.6 Å². The number of pyridine rings is 1. The van der Waals surface area contributed by atoms with Gasteiger partial charge in [-0.3, -0.25) is 4.79 Å². The lowest BCUT2D eigenvalue weighted by molar-refractivity contribution is -0.605. The highest BCUT2D eigenvalue weighted by Crippen LogP contribution is 2.48. The number of halogens is 4. The van der Waals surface area contributed by atoms with Crippen molar-refractivity contribution in [2.45, 2.75) is 38.0 Å². The maximum Gasteiger partial charge on any atom is 0.254 e. The summed E-state index contributed by atoms with van der Waals surface area (Å²) in [6.45, 7) is 1.67. The molecule has 0 unspecified atom stereocenters. The number of ether oxygens (including phenoxy) is 1. The molecule has 0 bridgehead atoms. The van der Waals surface area contributed by atoms with Gasteiger partial charge in [0.05, 0.1) is 12.4 Å². The van der Waals surface area contributed by atoms with Crippen molar-refractivity contribution < 1.29 is 31.8 Å². The number of anilines is 1. The van der Waals surface area contributed by atoms with Crippen LogP contribution >= 0.6 is 0 Å². The van der Waals surface area contributed by atoms with E-state index >= 15 is 0 Å². The first-order chi connectivity index (χ1) is 16.6. The van der Waals surface area contributed by atoms with Gasteiger partial charge in [0.1, 0.15) is 5.82 Å². The van der Waals surface area contributed by atoms with Gasteiger partial charge in [0.15, 0.2) is 29.8 Å². The van der Waals surface area contributed by atoms with E-state index in [9.17, 15) is 27.6 Å². The molecule has 0 radical (unpaired) electrons. The number of carbonyl (C=O) groups is 1. The second-order valence-corrected chi connectivity index (χ2v) is 8.53. The Morgan fingerprint density at radius 2 is 1.94 bits per heavy atom. The Kier molecular flexibility index (Phi) is 6.86. The molecule has 1 aliphatic carbocycles. The second kappa shape index (κ2) is 9.85. The van der Waals surface area contributed by atoms with Crippen LogP contribution in [0.15, 0.2) is 55.1 Å². The Hall–Kier alpha value is -3.76. The van der Waals surface area contributed by atoms with Crippen LogP contribution in [0.2, 0.25) is 0 Å². The molecule has 3 atom stereocenters. The summed E-state index contributed by atoms with van der Waals surface area (Å²) in [4.78, 5) is 20.8. The van der Waals surface area contributed by atoms with E-state index in [1.54, 1.807) is 6.92 Å². The Balaban J connectivity index is 1.39. The minimum absolute atomic E-state index is 0.0684. The van der Waals surface area contributed by atoms with Crippen molar-refractivity contribution in [3.63, 3.8) is 0 Å². The molecular formula is C24H22F4N4O3. The molecule has 1 fully saturated rings. The van der Waals surface area contributed by atoms with Crippen molar-refractivity contribution in [2.75, 3.05) is 5.32 Å². The molecule has 0 saturated heterocycles. The van der Waals surface area contributed by atoms with Gasteiger partial charge in [0.25, 0.3) is 5.92 Å².